The summed E-state index contributed by atoms with van der Waals surface area (Å²) < 4.78 is 5.56. The predicted molar refractivity (Wildman–Crippen MR) is 90.9 cm³/mol. The Kier molecular flexibility index (Phi) is 4.82. The summed E-state index contributed by atoms with van der Waals surface area (Å²) in [4.78, 5) is 29.5. The average Bonchev–Trinajstić information content (AvgIpc) is 3.10. The van der Waals surface area contributed by atoms with E-state index in [1.165, 1.54) is 0 Å². The molecule has 1 fully saturated rings. The normalized spacial score (nSPS) is 21.5. The molecule has 24 heavy (non-hydrogen) atoms. The van der Waals surface area contributed by atoms with Crippen LogP contribution in [-0.4, -0.2) is 44.6 Å². The largest absolute Gasteiger partial charge is 0.380 e. The highest BCUT2D eigenvalue weighted by atomic mass is 16.5. The molecule has 1 aliphatic rings. The van der Waals surface area contributed by atoms with Gasteiger partial charge in [0.05, 0.1) is 24.4 Å². The van der Waals surface area contributed by atoms with E-state index in [0.29, 0.717) is 12.4 Å². The van der Waals surface area contributed by atoms with Gasteiger partial charge in [0.15, 0.2) is 0 Å². The lowest BCUT2D eigenvalue weighted by Gasteiger charge is -2.22. The summed E-state index contributed by atoms with van der Waals surface area (Å²) in [5.74, 6) is 1.65. The van der Waals surface area contributed by atoms with Gasteiger partial charge in [-0.1, -0.05) is 6.92 Å². The first-order chi connectivity index (χ1) is 11.5. The summed E-state index contributed by atoms with van der Waals surface area (Å²) in [6, 6.07) is 1.69. The lowest BCUT2D eigenvalue weighted by molar-refractivity contribution is 0.107. The summed E-state index contributed by atoms with van der Waals surface area (Å²) >= 11 is 0. The van der Waals surface area contributed by atoms with Gasteiger partial charge in [-0.3, -0.25) is 9.69 Å². The molecule has 1 saturated heterocycles. The number of nitrogens with one attached hydrogen (secondary N) is 2. The van der Waals surface area contributed by atoms with E-state index in [1.54, 1.807) is 13.2 Å². The highest BCUT2D eigenvalue weighted by molar-refractivity contribution is 5.15. The third kappa shape index (κ3) is 3.42. The lowest BCUT2D eigenvalue weighted by Crippen LogP contribution is -2.28. The Labute approximate surface area is 141 Å². The summed E-state index contributed by atoms with van der Waals surface area (Å²) in [6.45, 7) is 7.40. The number of nitrogens with zero attached hydrogens (tertiary/aromatic N) is 3. The van der Waals surface area contributed by atoms with Crippen molar-refractivity contribution >= 4 is 0 Å². The maximum atomic E-state index is 11.8. The molecule has 0 spiro atoms. The van der Waals surface area contributed by atoms with Crippen LogP contribution in [0.1, 0.15) is 48.1 Å². The van der Waals surface area contributed by atoms with Gasteiger partial charge in [0.2, 0.25) is 0 Å². The molecule has 3 rings (SSSR count). The number of hydrogen-bond donors (Lipinski definition) is 2. The summed E-state index contributed by atoms with van der Waals surface area (Å²) in [7, 11) is 1.74. The van der Waals surface area contributed by atoms with Crippen molar-refractivity contribution in [2.75, 3.05) is 13.7 Å². The van der Waals surface area contributed by atoms with Gasteiger partial charge < -0.3 is 14.7 Å². The van der Waals surface area contributed by atoms with Gasteiger partial charge in [-0.25, -0.2) is 9.97 Å². The summed E-state index contributed by atoms with van der Waals surface area (Å²) in [5, 5.41) is 0. The van der Waals surface area contributed by atoms with E-state index in [1.807, 2.05) is 20.8 Å². The number of rotatable bonds is 5. The monoisotopic (exact) mass is 331 g/mol. The van der Waals surface area contributed by atoms with Gasteiger partial charge in [0.25, 0.3) is 5.56 Å². The Morgan fingerprint density at radius 1 is 1.33 bits per heavy atom. The SMILES string of the molecule is CCc1cc(=O)[nH]c(CN2C[C@H](OC)C[C@H]2c2nc(C)c(C)[nH]2)n1. The minimum atomic E-state index is -0.0967. The molecule has 2 aromatic rings. The van der Waals surface area contributed by atoms with Crippen molar-refractivity contribution < 1.29 is 4.74 Å². The van der Waals surface area contributed by atoms with Crippen LogP contribution in [0, 0.1) is 13.8 Å². The molecule has 0 aliphatic carbocycles. The van der Waals surface area contributed by atoms with Crippen LogP contribution in [-0.2, 0) is 17.7 Å². The van der Waals surface area contributed by atoms with E-state index >= 15 is 0 Å². The fraction of sp³-hybridized carbons (Fsp3) is 0.588. The first kappa shape index (κ1) is 16.9. The van der Waals surface area contributed by atoms with Crippen molar-refractivity contribution in [2.24, 2.45) is 0 Å². The molecule has 7 nitrogen and oxygen atoms in total. The highest BCUT2D eigenvalue weighted by Gasteiger charge is 2.35. The topological polar surface area (TPSA) is 86.9 Å². The van der Waals surface area contributed by atoms with E-state index in [-0.39, 0.29) is 17.7 Å². The number of aromatic nitrogens is 4. The van der Waals surface area contributed by atoms with Crippen LogP contribution >= 0.6 is 0 Å². The second kappa shape index (κ2) is 6.86. The number of imidazole rings is 1. The smallest absolute Gasteiger partial charge is 0.251 e. The zero-order chi connectivity index (χ0) is 17.3. The van der Waals surface area contributed by atoms with Gasteiger partial charge in [-0.05, 0) is 26.7 Å². The number of H-pyrrole nitrogens is 2. The van der Waals surface area contributed by atoms with E-state index in [0.717, 1.165) is 42.3 Å². The van der Waals surface area contributed by atoms with Crippen LogP contribution in [0.5, 0.6) is 0 Å². The predicted octanol–water partition coefficient (Wildman–Crippen LogP) is 1.63. The molecule has 0 saturated carbocycles. The van der Waals surface area contributed by atoms with Gasteiger partial charge in [0, 0.05) is 31.1 Å². The Balaban J connectivity index is 1.86. The number of likely N-dealkylation sites (tertiary alicyclic amines) is 1. The Morgan fingerprint density at radius 2 is 2.12 bits per heavy atom. The van der Waals surface area contributed by atoms with Gasteiger partial charge in [-0.2, -0.15) is 0 Å². The number of aromatic amines is 2. The molecular weight excluding hydrogens is 306 g/mol. The molecule has 0 radical (unpaired) electrons. The molecule has 1 aliphatic heterocycles. The fourth-order valence-electron chi connectivity index (χ4n) is 3.24. The van der Waals surface area contributed by atoms with Crippen molar-refractivity contribution in [2.45, 2.75) is 52.3 Å². The first-order valence-electron chi connectivity index (χ1n) is 8.39. The molecule has 2 N–H and O–H groups in total. The summed E-state index contributed by atoms with van der Waals surface area (Å²) in [5.41, 5.74) is 2.83. The van der Waals surface area contributed by atoms with Crippen molar-refractivity contribution in [1.29, 1.82) is 0 Å². The molecular formula is C17H25N5O2. The van der Waals surface area contributed by atoms with E-state index < -0.39 is 0 Å². The molecule has 7 heteroatoms. The van der Waals surface area contributed by atoms with Crippen LogP contribution in [0.4, 0.5) is 0 Å². The molecule has 0 aromatic carbocycles. The molecule has 3 heterocycles. The Bertz CT molecular complexity index is 747. The minimum Gasteiger partial charge on any atom is -0.380 e. The number of methoxy groups -OCH3 is 1. The van der Waals surface area contributed by atoms with Crippen LogP contribution in [0.15, 0.2) is 10.9 Å². The first-order valence-corrected chi connectivity index (χ1v) is 8.39. The van der Waals surface area contributed by atoms with Crippen LogP contribution in [0.3, 0.4) is 0 Å². The second-order valence-electron chi connectivity index (χ2n) is 6.41. The number of aryl methyl sites for hydroxylation is 3. The quantitative estimate of drug-likeness (QED) is 0.870. The average molecular weight is 331 g/mol. The van der Waals surface area contributed by atoms with E-state index in [2.05, 4.69) is 24.8 Å². The standard InChI is InChI=1S/C17H25N5O2/c1-5-12-6-16(23)21-15(20-12)9-22-8-13(24-4)7-14(22)17-18-10(2)11(3)19-17/h6,13-14H,5,7-9H2,1-4H3,(H,18,19)(H,20,21,23)/t13-,14+/m1/s1. The van der Waals surface area contributed by atoms with Crippen molar-refractivity contribution in [3.8, 4) is 0 Å². The molecule has 2 atom stereocenters. The maximum absolute atomic E-state index is 11.8. The fourth-order valence-corrected chi connectivity index (χ4v) is 3.24. The zero-order valence-electron chi connectivity index (χ0n) is 14.7. The van der Waals surface area contributed by atoms with E-state index in [9.17, 15) is 4.79 Å². The highest BCUT2D eigenvalue weighted by Crippen LogP contribution is 2.33. The minimum absolute atomic E-state index is 0.0967. The van der Waals surface area contributed by atoms with Crippen LogP contribution < -0.4 is 5.56 Å². The maximum Gasteiger partial charge on any atom is 0.251 e. The van der Waals surface area contributed by atoms with Crippen molar-refractivity contribution in [1.82, 2.24) is 24.8 Å². The third-order valence-electron chi connectivity index (χ3n) is 4.72. The van der Waals surface area contributed by atoms with E-state index in [4.69, 9.17) is 4.74 Å². The molecule has 0 unspecified atom stereocenters. The zero-order valence-corrected chi connectivity index (χ0v) is 14.7. The Morgan fingerprint density at radius 3 is 2.75 bits per heavy atom. The van der Waals surface area contributed by atoms with Crippen molar-refractivity contribution in [3.63, 3.8) is 0 Å². The second-order valence-corrected chi connectivity index (χ2v) is 6.41. The van der Waals surface area contributed by atoms with Crippen molar-refractivity contribution in [3.05, 3.63) is 45.2 Å². The number of ether oxygens (including phenoxy) is 1. The summed E-state index contributed by atoms with van der Waals surface area (Å²) in [6.07, 6.45) is 1.78. The molecule has 0 amide bonds. The van der Waals surface area contributed by atoms with Crippen LogP contribution in [0.2, 0.25) is 0 Å². The van der Waals surface area contributed by atoms with Gasteiger partial charge >= 0.3 is 0 Å². The third-order valence-corrected chi connectivity index (χ3v) is 4.72. The molecule has 0 bridgehead atoms. The number of hydrogen-bond acceptors (Lipinski definition) is 5. The lowest BCUT2D eigenvalue weighted by atomic mass is 10.2. The van der Waals surface area contributed by atoms with Gasteiger partial charge in [-0.15, -0.1) is 0 Å². The molecule has 2 aromatic heterocycles. The molecule has 130 valence electrons. The Hall–Kier alpha value is -1.99. The van der Waals surface area contributed by atoms with Gasteiger partial charge in [0.1, 0.15) is 11.6 Å². The van der Waals surface area contributed by atoms with Crippen LogP contribution in [0.25, 0.3) is 0 Å².